The van der Waals surface area contributed by atoms with E-state index in [-0.39, 0.29) is 11.5 Å². The molecule has 2 amide bonds. The molecule has 0 spiro atoms. The average molecular weight is 771 g/mol. The van der Waals surface area contributed by atoms with Crippen molar-refractivity contribution in [2.75, 3.05) is 11.9 Å². The zero-order chi connectivity index (χ0) is 40.5. The van der Waals surface area contributed by atoms with Gasteiger partial charge in [0.15, 0.2) is 0 Å². The van der Waals surface area contributed by atoms with E-state index < -0.39 is 40.9 Å². The summed E-state index contributed by atoms with van der Waals surface area (Å²) < 4.78 is 77.2. The first-order valence-corrected chi connectivity index (χ1v) is 16.8. The van der Waals surface area contributed by atoms with Gasteiger partial charge in [-0.05, 0) is 77.7 Å². The maximum absolute atomic E-state index is 13.0. The molecular formula is C42H32F6N4O4. The second-order valence-electron chi connectivity index (χ2n) is 12.2. The van der Waals surface area contributed by atoms with Crippen molar-refractivity contribution in [3.63, 3.8) is 0 Å². The van der Waals surface area contributed by atoms with E-state index in [9.17, 15) is 40.7 Å². The van der Waals surface area contributed by atoms with E-state index in [4.69, 9.17) is 5.11 Å². The number of carbonyl (C=O) groups excluding carboxylic acids is 2. The summed E-state index contributed by atoms with van der Waals surface area (Å²) in [5.74, 6) is -2.27. The third kappa shape index (κ3) is 10.4. The van der Waals surface area contributed by atoms with Gasteiger partial charge >= 0.3 is 18.3 Å². The number of amides is 2. The van der Waals surface area contributed by atoms with E-state index in [0.717, 1.165) is 29.6 Å². The summed E-state index contributed by atoms with van der Waals surface area (Å²) >= 11 is 0. The van der Waals surface area contributed by atoms with Crippen molar-refractivity contribution in [3.8, 4) is 22.3 Å². The van der Waals surface area contributed by atoms with Gasteiger partial charge in [0, 0.05) is 42.2 Å². The number of nitrogens with zero attached hydrogens (tertiary/aromatic N) is 2. The van der Waals surface area contributed by atoms with Crippen LogP contribution in [0, 0.1) is 6.92 Å². The van der Waals surface area contributed by atoms with E-state index in [2.05, 4.69) is 20.6 Å². The normalized spacial score (nSPS) is 11.2. The quantitative estimate of drug-likeness (QED) is 0.126. The number of alkyl halides is 6. The number of carboxylic acids is 1. The molecule has 56 heavy (non-hydrogen) atoms. The van der Waals surface area contributed by atoms with Crippen LogP contribution in [0.4, 0.5) is 32.0 Å². The Morgan fingerprint density at radius 3 is 1.88 bits per heavy atom. The number of carbonyl (C=O) groups is 3. The van der Waals surface area contributed by atoms with Gasteiger partial charge in [-0.15, -0.1) is 0 Å². The molecule has 0 aliphatic heterocycles. The fourth-order valence-corrected chi connectivity index (χ4v) is 5.51. The number of benzene rings is 5. The molecule has 0 saturated heterocycles. The molecule has 0 bridgehead atoms. The summed E-state index contributed by atoms with van der Waals surface area (Å²) in [5, 5.41) is 14.7. The van der Waals surface area contributed by atoms with Gasteiger partial charge in [-0.3, -0.25) is 19.6 Å². The number of rotatable bonds is 9. The molecule has 286 valence electrons. The van der Waals surface area contributed by atoms with Gasteiger partial charge in [-0.25, -0.2) is 4.79 Å². The largest absolute Gasteiger partial charge is 0.478 e. The van der Waals surface area contributed by atoms with Crippen molar-refractivity contribution in [2.24, 2.45) is 0 Å². The second kappa shape index (κ2) is 17.5. The zero-order valence-electron chi connectivity index (χ0n) is 29.5. The van der Waals surface area contributed by atoms with Crippen molar-refractivity contribution >= 4 is 23.5 Å². The average Bonchev–Trinajstić information content (AvgIpc) is 3.18. The monoisotopic (exact) mass is 770 g/mol. The SMILES string of the molecule is Cc1cnc(CCNC(=O)c2ccc(NC(=O)c3ccccc3-c3ccc(C(F)(F)F)cc3)cc2)cn1.O=C(O)c1c(-c2ccccc2)cccc1C(F)(F)F. The molecule has 0 radical (unpaired) electrons. The van der Waals surface area contributed by atoms with Gasteiger partial charge < -0.3 is 15.7 Å². The lowest BCUT2D eigenvalue weighted by Gasteiger charge is -2.14. The smallest absolute Gasteiger partial charge is 0.417 e. The van der Waals surface area contributed by atoms with Gasteiger partial charge in [-0.1, -0.05) is 72.8 Å². The Bertz CT molecular complexity index is 2300. The molecule has 8 nitrogen and oxygen atoms in total. The lowest BCUT2D eigenvalue weighted by molar-refractivity contribution is -0.138. The number of aromatic carboxylic acids is 1. The maximum Gasteiger partial charge on any atom is 0.417 e. The molecule has 0 fully saturated rings. The predicted molar refractivity (Wildman–Crippen MR) is 198 cm³/mol. The van der Waals surface area contributed by atoms with Crippen LogP contribution in [0.1, 0.15) is 53.6 Å². The molecule has 1 aromatic heterocycles. The third-order valence-corrected chi connectivity index (χ3v) is 8.27. The van der Waals surface area contributed by atoms with Crippen LogP contribution in [0.15, 0.2) is 134 Å². The van der Waals surface area contributed by atoms with Crippen molar-refractivity contribution < 1.29 is 45.8 Å². The van der Waals surface area contributed by atoms with Crippen LogP contribution < -0.4 is 10.6 Å². The highest BCUT2D eigenvalue weighted by Crippen LogP contribution is 2.37. The molecule has 0 aliphatic carbocycles. The minimum atomic E-state index is -4.70. The number of anilines is 1. The van der Waals surface area contributed by atoms with Gasteiger partial charge in [0.05, 0.1) is 28.1 Å². The summed E-state index contributed by atoms with van der Waals surface area (Å²) in [6.07, 6.45) is -5.24. The molecule has 6 aromatic rings. The number of aromatic nitrogens is 2. The van der Waals surface area contributed by atoms with Crippen LogP contribution in [0.5, 0.6) is 0 Å². The first kappa shape index (κ1) is 40.4. The molecule has 0 saturated carbocycles. The van der Waals surface area contributed by atoms with Crippen LogP contribution >= 0.6 is 0 Å². The molecule has 6 rings (SSSR count). The van der Waals surface area contributed by atoms with Crippen LogP contribution in [-0.2, 0) is 18.8 Å². The molecule has 5 aromatic carbocycles. The van der Waals surface area contributed by atoms with Gasteiger partial charge in [0.2, 0.25) is 0 Å². The lowest BCUT2D eigenvalue weighted by atomic mass is 9.95. The van der Waals surface area contributed by atoms with Crippen molar-refractivity contribution in [3.05, 3.63) is 173 Å². The highest BCUT2D eigenvalue weighted by Gasteiger charge is 2.36. The first-order chi connectivity index (χ1) is 26.6. The van der Waals surface area contributed by atoms with E-state index >= 15 is 0 Å². The Morgan fingerprint density at radius 1 is 0.643 bits per heavy atom. The molecule has 3 N–H and O–H groups in total. The van der Waals surface area contributed by atoms with Gasteiger partial charge in [-0.2, -0.15) is 26.3 Å². The Hall–Kier alpha value is -6.83. The van der Waals surface area contributed by atoms with Crippen molar-refractivity contribution in [2.45, 2.75) is 25.7 Å². The number of hydrogen-bond donors (Lipinski definition) is 3. The summed E-state index contributed by atoms with van der Waals surface area (Å²) in [4.78, 5) is 45.0. The van der Waals surface area contributed by atoms with E-state index in [0.29, 0.717) is 46.5 Å². The molecular weight excluding hydrogens is 738 g/mol. The molecule has 0 aliphatic rings. The minimum absolute atomic E-state index is 0.0583. The number of halogens is 6. The van der Waals surface area contributed by atoms with Crippen LogP contribution in [0.25, 0.3) is 22.3 Å². The van der Waals surface area contributed by atoms with Crippen LogP contribution in [0.2, 0.25) is 0 Å². The van der Waals surface area contributed by atoms with Gasteiger partial charge in [0.1, 0.15) is 0 Å². The van der Waals surface area contributed by atoms with E-state index in [1.165, 1.54) is 24.3 Å². The summed E-state index contributed by atoms with van der Waals surface area (Å²) in [5.41, 5.74) is 1.68. The fourth-order valence-electron chi connectivity index (χ4n) is 5.51. The van der Waals surface area contributed by atoms with E-state index in [1.807, 2.05) is 6.92 Å². The maximum atomic E-state index is 13.0. The highest BCUT2D eigenvalue weighted by molar-refractivity contribution is 6.09. The third-order valence-electron chi connectivity index (χ3n) is 8.27. The van der Waals surface area contributed by atoms with Crippen LogP contribution in [0.3, 0.4) is 0 Å². The Labute approximate surface area is 316 Å². The lowest BCUT2D eigenvalue weighted by Crippen LogP contribution is -2.26. The Balaban J connectivity index is 0.000000265. The first-order valence-electron chi connectivity index (χ1n) is 16.8. The number of aryl methyl sites for hydroxylation is 1. The summed E-state index contributed by atoms with van der Waals surface area (Å²) in [6, 6.07) is 29.2. The zero-order valence-corrected chi connectivity index (χ0v) is 29.5. The summed E-state index contributed by atoms with van der Waals surface area (Å²) in [7, 11) is 0. The molecule has 14 heteroatoms. The van der Waals surface area contributed by atoms with Crippen LogP contribution in [-0.4, -0.2) is 39.4 Å². The molecule has 0 atom stereocenters. The number of carboxylic acid groups (broad SMARTS) is 1. The fraction of sp³-hybridized carbons (Fsp3) is 0.119. The Kier molecular flexibility index (Phi) is 12.6. The highest BCUT2D eigenvalue weighted by atomic mass is 19.4. The van der Waals surface area contributed by atoms with Crippen molar-refractivity contribution in [1.82, 2.24) is 15.3 Å². The number of hydrogen-bond acceptors (Lipinski definition) is 5. The van der Waals surface area contributed by atoms with Gasteiger partial charge in [0.25, 0.3) is 11.8 Å². The molecule has 1 heterocycles. The molecule has 0 unspecified atom stereocenters. The standard InChI is InChI=1S/C28H23F3N4O2.C14H9F3O2/c1-18-16-34-23(17-33-18)14-15-32-26(36)20-8-12-22(13-9-20)35-27(37)25-5-3-2-4-24(25)19-6-10-21(11-7-19)28(29,30)31;15-14(16,17)11-8-4-7-10(12(11)13(18)19)9-5-2-1-3-6-9/h2-13,16-17H,14-15H2,1H3,(H,32,36)(H,35,37);1-8H,(H,18,19). The van der Waals surface area contributed by atoms with Crippen molar-refractivity contribution in [1.29, 1.82) is 0 Å². The van der Waals surface area contributed by atoms with E-state index in [1.54, 1.807) is 91.3 Å². The Morgan fingerprint density at radius 2 is 1.27 bits per heavy atom. The topological polar surface area (TPSA) is 121 Å². The summed E-state index contributed by atoms with van der Waals surface area (Å²) in [6.45, 7) is 2.25. The minimum Gasteiger partial charge on any atom is -0.478 e. The number of nitrogens with one attached hydrogen (secondary N) is 2. The second-order valence-corrected chi connectivity index (χ2v) is 12.2. The predicted octanol–water partition coefficient (Wildman–Crippen LogP) is 9.77.